The molecule has 2 aromatic heterocycles. The highest BCUT2D eigenvalue weighted by atomic mass is 16.2. The van der Waals surface area contributed by atoms with Crippen LogP contribution in [0.1, 0.15) is 15.9 Å². The number of para-hydroxylation sites is 2. The lowest BCUT2D eigenvalue weighted by molar-refractivity contribution is -0.116. The van der Waals surface area contributed by atoms with Gasteiger partial charge in [-0.2, -0.15) is 5.10 Å². The molecule has 8 nitrogen and oxygen atoms in total. The molecule has 0 aliphatic carbocycles. The Balaban J connectivity index is 1.29. The Kier molecular flexibility index (Phi) is 4.87. The van der Waals surface area contributed by atoms with Gasteiger partial charge < -0.3 is 10.6 Å². The average Bonchev–Trinajstić information content (AvgIpc) is 3.21. The van der Waals surface area contributed by atoms with E-state index in [1.807, 2.05) is 30.5 Å². The predicted octanol–water partition coefficient (Wildman–Crippen LogP) is 3.11. The van der Waals surface area contributed by atoms with E-state index >= 15 is 0 Å². The fourth-order valence-electron chi connectivity index (χ4n) is 3.77. The van der Waals surface area contributed by atoms with E-state index in [4.69, 9.17) is 0 Å². The number of rotatable bonds is 4. The van der Waals surface area contributed by atoms with Crippen LogP contribution in [0.2, 0.25) is 0 Å². The van der Waals surface area contributed by atoms with Gasteiger partial charge in [0, 0.05) is 23.0 Å². The smallest absolute Gasteiger partial charge is 0.258 e. The lowest BCUT2D eigenvalue weighted by Crippen LogP contribution is -2.42. The first-order valence-electron chi connectivity index (χ1n) is 10.1. The molecule has 2 N–H and O–H groups in total. The molecule has 32 heavy (non-hydrogen) atoms. The normalized spacial score (nSPS) is 12.9. The highest BCUT2D eigenvalue weighted by Crippen LogP contribution is 2.30. The van der Waals surface area contributed by atoms with Crippen LogP contribution in [0.5, 0.6) is 0 Å². The maximum absolute atomic E-state index is 13.0. The number of carbonyl (C=O) groups excluding carboxylic acids is 3. The van der Waals surface area contributed by atoms with E-state index in [9.17, 15) is 14.4 Å². The lowest BCUT2D eigenvalue weighted by Gasteiger charge is -2.29. The van der Waals surface area contributed by atoms with Crippen molar-refractivity contribution >= 4 is 40.3 Å². The van der Waals surface area contributed by atoms with E-state index in [0.29, 0.717) is 22.6 Å². The molecule has 1 aliphatic heterocycles. The monoisotopic (exact) mass is 425 g/mol. The van der Waals surface area contributed by atoms with Crippen LogP contribution >= 0.6 is 0 Å². The highest BCUT2D eigenvalue weighted by Gasteiger charge is 2.27. The minimum absolute atomic E-state index is 0.0476. The van der Waals surface area contributed by atoms with Crippen molar-refractivity contribution in [1.82, 2.24) is 9.61 Å². The number of nitrogens with one attached hydrogen (secondary N) is 2. The Morgan fingerprint density at radius 3 is 2.62 bits per heavy atom. The molecule has 158 valence electrons. The zero-order valence-corrected chi connectivity index (χ0v) is 17.0. The van der Waals surface area contributed by atoms with Gasteiger partial charge in [-0.1, -0.05) is 18.2 Å². The van der Waals surface area contributed by atoms with E-state index in [-0.39, 0.29) is 30.7 Å². The molecule has 0 spiro atoms. The minimum atomic E-state index is -0.281. The van der Waals surface area contributed by atoms with Gasteiger partial charge in [-0.15, -0.1) is 0 Å². The lowest BCUT2D eigenvalue weighted by atomic mass is 10.1. The SMILES string of the molecule is O=C(Cc1cnn2ccccc12)Nc1ccc(C(=O)N2CC(=O)Nc3ccccc32)cc1. The second-order valence-electron chi connectivity index (χ2n) is 7.46. The summed E-state index contributed by atoms with van der Waals surface area (Å²) in [5.74, 6) is -0.699. The van der Waals surface area contributed by atoms with Gasteiger partial charge in [0.2, 0.25) is 11.8 Å². The van der Waals surface area contributed by atoms with Gasteiger partial charge in [-0.05, 0) is 48.5 Å². The van der Waals surface area contributed by atoms with Gasteiger partial charge in [-0.25, -0.2) is 4.52 Å². The molecule has 0 saturated heterocycles. The van der Waals surface area contributed by atoms with Gasteiger partial charge in [-0.3, -0.25) is 19.3 Å². The highest BCUT2D eigenvalue weighted by molar-refractivity contribution is 6.15. The standard InChI is InChI=1S/C24H19N5O3/c30-22(13-17-14-25-29-12-4-3-6-20(17)29)26-18-10-8-16(9-11-18)24(32)28-15-23(31)27-19-5-1-2-7-21(19)28/h1-12,14H,13,15H2,(H,26,30)(H,27,31). The molecule has 0 unspecified atom stereocenters. The number of benzene rings is 2. The fourth-order valence-corrected chi connectivity index (χ4v) is 3.77. The summed E-state index contributed by atoms with van der Waals surface area (Å²) in [7, 11) is 0. The molecular formula is C24H19N5O3. The largest absolute Gasteiger partial charge is 0.326 e. The maximum Gasteiger partial charge on any atom is 0.258 e. The zero-order chi connectivity index (χ0) is 22.1. The van der Waals surface area contributed by atoms with Crippen LogP contribution in [-0.2, 0) is 16.0 Å². The van der Waals surface area contributed by atoms with Crippen molar-refractivity contribution in [2.75, 3.05) is 22.1 Å². The molecule has 0 bridgehead atoms. The predicted molar refractivity (Wildman–Crippen MR) is 121 cm³/mol. The minimum Gasteiger partial charge on any atom is -0.326 e. The zero-order valence-electron chi connectivity index (χ0n) is 17.0. The number of hydrogen-bond acceptors (Lipinski definition) is 4. The number of carbonyl (C=O) groups is 3. The summed E-state index contributed by atoms with van der Waals surface area (Å²) in [6.07, 6.45) is 3.70. The fraction of sp³-hybridized carbons (Fsp3) is 0.0833. The van der Waals surface area contributed by atoms with Gasteiger partial charge in [0.15, 0.2) is 0 Å². The molecular weight excluding hydrogens is 406 g/mol. The summed E-state index contributed by atoms with van der Waals surface area (Å²) in [5.41, 5.74) is 3.98. The van der Waals surface area contributed by atoms with Gasteiger partial charge in [0.05, 0.1) is 29.5 Å². The summed E-state index contributed by atoms with van der Waals surface area (Å²) in [6, 6.07) is 19.5. The number of fused-ring (bicyclic) bond motifs is 2. The Labute approximate surface area is 183 Å². The number of aromatic nitrogens is 2. The van der Waals surface area contributed by atoms with E-state index in [2.05, 4.69) is 15.7 Å². The van der Waals surface area contributed by atoms with Crippen LogP contribution < -0.4 is 15.5 Å². The first-order valence-corrected chi connectivity index (χ1v) is 10.1. The van der Waals surface area contributed by atoms with E-state index in [1.54, 1.807) is 53.2 Å². The van der Waals surface area contributed by atoms with Crippen molar-refractivity contribution in [1.29, 1.82) is 0 Å². The second-order valence-corrected chi connectivity index (χ2v) is 7.46. The molecule has 0 saturated carbocycles. The van der Waals surface area contributed by atoms with Crippen LogP contribution in [-0.4, -0.2) is 33.9 Å². The number of nitrogens with zero attached hydrogens (tertiary/aromatic N) is 3. The summed E-state index contributed by atoms with van der Waals surface area (Å²) >= 11 is 0. The number of anilines is 3. The average molecular weight is 425 g/mol. The van der Waals surface area contributed by atoms with Crippen molar-refractivity contribution in [2.24, 2.45) is 0 Å². The number of pyridine rings is 1. The van der Waals surface area contributed by atoms with Crippen molar-refractivity contribution in [3.05, 3.63) is 90.3 Å². The van der Waals surface area contributed by atoms with Crippen LogP contribution in [0.4, 0.5) is 17.1 Å². The molecule has 0 radical (unpaired) electrons. The third kappa shape index (κ3) is 3.69. The van der Waals surface area contributed by atoms with Gasteiger partial charge in [0.1, 0.15) is 6.54 Å². The third-order valence-corrected chi connectivity index (χ3v) is 5.29. The maximum atomic E-state index is 13.0. The summed E-state index contributed by atoms with van der Waals surface area (Å²) in [6.45, 7) is -0.0476. The number of amides is 3. The van der Waals surface area contributed by atoms with Crippen LogP contribution in [0, 0.1) is 0 Å². The van der Waals surface area contributed by atoms with Crippen molar-refractivity contribution in [2.45, 2.75) is 6.42 Å². The van der Waals surface area contributed by atoms with E-state index in [1.165, 1.54) is 4.90 Å². The van der Waals surface area contributed by atoms with E-state index in [0.717, 1.165) is 11.1 Å². The van der Waals surface area contributed by atoms with Gasteiger partial charge in [0.25, 0.3) is 5.91 Å². The molecule has 8 heteroatoms. The molecule has 0 fully saturated rings. The second kappa shape index (κ2) is 7.99. The summed E-state index contributed by atoms with van der Waals surface area (Å²) < 4.78 is 1.72. The molecule has 3 heterocycles. The van der Waals surface area contributed by atoms with Crippen LogP contribution in [0.3, 0.4) is 0 Å². The Hall–Kier alpha value is -4.46. The summed E-state index contributed by atoms with van der Waals surface area (Å²) in [5, 5.41) is 9.86. The van der Waals surface area contributed by atoms with Crippen molar-refractivity contribution < 1.29 is 14.4 Å². The quantitative estimate of drug-likeness (QED) is 0.525. The van der Waals surface area contributed by atoms with E-state index < -0.39 is 0 Å². The van der Waals surface area contributed by atoms with Crippen molar-refractivity contribution in [3.8, 4) is 0 Å². The van der Waals surface area contributed by atoms with Crippen LogP contribution in [0.15, 0.2) is 79.1 Å². The summed E-state index contributed by atoms with van der Waals surface area (Å²) in [4.78, 5) is 39.0. The molecule has 1 aliphatic rings. The molecule has 4 aromatic rings. The van der Waals surface area contributed by atoms with Crippen LogP contribution in [0.25, 0.3) is 5.52 Å². The Morgan fingerprint density at radius 2 is 1.78 bits per heavy atom. The first kappa shape index (κ1) is 19.5. The molecule has 3 amide bonds. The molecule has 2 aromatic carbocycles. The van der Waals surface area contributed by atoms with Crippen molar-refractivity contribution in [3.63, 3.8) is 0 Å². The Bertz CT molecular complexity index is 1340. The topological polar surface area (TPSA) is 95.8 Å². The first-order chi connectivity index (χ1) is 15.6. The molecule has 0 atom stereocenters. The number of hydrogen-bond donors (Lipinski definition) is 2. The van der Waals surface area contributed by atoms with Gasteiger partial charge >= 0.3 is 0 Å². The molecule has 5 rings (SSSR count). The third-order valence-electron chi connectivity index (χ3n) is 5.29. The Morgan fingerprint density at radius 1 is 1.00 bits per heavy atom.